The number of carbonyl (C=O) groups is 2. The summed E-state index contributed by atoms with van der Waals surface area (Å²) in [6.07, 6.45) is 4.61. The van der Waals surface area contributed by atoms with Crippen molar-refractivity contribution >= 4 is 11.8 Å². The monoisotopic (exact) mass is 486 g/mol. The van der Waals surface area contributed by atoms with Gasteiger partial charge in [0.1, 0.15) is 11.9 Å². The third kappa shape index (κ3) is 6.60. The van der Waals surface area contributed by atoms with Gasteiger partial charge in [0.2, 0.25) is 11.8 Å². The van der Waals surface area contributed by atoms with Crippen LogP contribution in [0.5, 0.6) is 0 Å². The quantitative estimate of drug-likeness (QED) is 0.423. The number of nitrogens with zero attached hydrogens (tertiary/aromatic N) is 1. The fourth-order valence-electron chi connectivity index (χ4n) is 4.92. The number of rotatable bonds is 9. The van der Waals surface area contributed by atoms with Crippen LogP contribution < -0.4 is 5.32 Å². The molecule has 2 amide bonds. The van der Waals surface area contributed by atoms with Crippen molar-refractivity contribution < 1.29 is 14.0 Å². The molecule has 0 spiro atoms. The normalized spacial score (nSPS) is 14.4. The molecule has 0 aromatic heterocycles. The van der Waals surface area contributed by atoms with Crippen LogP contribution in [0.15, 0.2) is 72.8 Å². The Hall–Kier alpha value is -3.47. The minimum Gasteiger partial charge on any atom is -0.352 e. The van der Waals surface area contributed by atoms with Gasteiger partial charge in [0, 0.05) is 24.6 Å². The highest BCUT2D eigenvalue weighted by Crippen LogP contribution is 2.21. The summed E-state index contributed by atoms with van der Waals surface area (Å²) in [5.41, 5.74) is 4.52. The van der Waals surface area contributed by atoms with Crippen LogP contribution in [0.3, 0.4) is 0 Å². The van der Waals surface area contributed by atoms with Gasteiger partial charge >= 0.3 is 0 Å². The maximum absolute atomic E-state index is 14.7. The molecule has 188 valence electrons. The van der Waals surface area contributed by atoms with E-state index in [1.165, 1.54) is 6.07 Å². The van der Waals surface area contributed by atoms with E-state index in [0.717, 1.165) is 47.9 Å². The van der Waals surface area contributed by atoms with E-state index in [-0.39, 0.29) is 36.6 Å². The van der Waals surface area contributed by atoms with E-state index in [1.807, 2.05) is 62.4 Å². The molecule has 0 bridgehead atoms. The first-order chi connectivity index (χ1) is 17.4. The molecule has 4 nitrogen and oxygen atoms in total. The second kappa shape index (κ2) is 12.0. The summed E-state index contributed by atoms with van der Waals surface area (Å²) >= 11 is 0. The van der Waals surface area contributed by atoms with Gasteiger partial charge < -0.3 is 10.2 Å². The zero-order chi connectivity index (χ0) is 25.5. The lowest BCUT2D eigenvalue weighted by Crippen LogP contribution is -2.52. The molecule has 0 aliphatic heterocycles. The molecule has 0 radical (unpaired) electrons. The highest BCUT2D eigenvalue weighted by Gasteiger charge is 2.32. The Morgan fingerprint density at radius 3 is 2.31 bits per heavy atom. The molecule has 3 aromatic carbocycles. The summed E-state index contributed by atoms with van der Waals surface area (Å²) in [5, 5.41) is 3.19. The van der Waals surface area contributed by atoms with Crippen molar-refractivity contribution in [3.8, 4) is 0 Å². The Balaban J connectivity index is 1.67. The maximum Gasteiger partial charge on any atom is 0.243 e. The summed E-state index contributed by atoms with van der Waals surface area (Å²) < 4.78 is 14.7. The van der Waals surface area contributed by atoms with Crippen molar-refractivity contribution in [1.29, 1.82) is 0 Å². The first-order valence-electron chi connectivity index (χ1n) is 12.8. The summed E-state index contributed by atoms with van der Waals surface area (Å²) in [7, 11) is 0. The van der Waals surface area contributed by atoms with Gasteiger partial charge in [-0.25, -0.2) is 4.39 Å². The second-order valence-electron chi connectivity index (χ2n) is 9.90. The minimum absolute atomic E-state index is 0.0337. The molecule has 1 atom stereocenters. The zero-order valence-electron chi connectivity index (χ0n) is 21.2. The zero-order valence-corrected chi connectivity index (χ0v) is 21.2. The van der Waals surface area contributed by atoms with Crippen LogP contribution in [0.4, 0.5) is 4.39 Å². The molecule has 1 N–H and O–H groups in total. The number of aryl methyl sites for hydroxylation is 2. The molecule has 5 heteroatoms. The SMILES string of the molecule is Cc1ccc(CC(=O)N(Cc2ccccc2F)[C@@H](Cc2ccccc2)C(=O)NC2CCCC2)cc1C. The predicted octanol–water partition coefficient (Wildman–Crippen LogP) is 5.68. The van der Waals surface area contributed by atoms with Crippen LogP contribution in [0, 0.1) is 19.7 Å². The van der Waals surface area contributed by atoms with Crippen molar-refractivity contribution in [2.45, 2.75) is 71.0 Å². The van der Waals surface area contributed by atoms with E-state index in [9.17, 15) is 14.0 Å². The molecule has 1 aliphatic rings. The van der Waals surface area contributed by atoms with Crippen molar-refractivity contribution in [2.24, 2.45) is 0 Å². The minimum atomic E-state index is -0.744. The molecule has 4 rings (SSSR count). The van der Waals surface area contributed by atoms with Crippen molar-refractivity contribution in [2.75, 3.05) is 0 Å². The van der Waals surface area contributed by atoms with Crippen molar-refractivity contribution in [3.63, 3.8) is 0 Å². The second-order valence-corrected chi connectivity index (χ2v) is 9.90. The lowest BCUT2D eigenvalue weighted by molar-refractivity contribution is -0.141. The molecule has 1 fully saturated rings. The average molecular weight is 487 g/mol. The first-order valence-corrected chi connectivity index (χ1v) is 12.8. The van der Waals surface area contributed by atoms with E-state index in [0.29, 0.717) is 12.0 Å². The molecule has 0 heterocycles. The Morgan fingerprint density at radius 1 is 0.917 bits per heavy atom. The fourth-order valence-corrected chi connectivity index (χ4v) is 4.92. The Kier molecular flexibility index (Phi) is 8.52. The van der Waals surface area contributed by atoms with Crippen LogP contribution in [-0.2, 0) is 29.0 Å². The number of hydrogen-bond acceptors (Lipinski definition) is 2. The van der Waals surface area contributed by atoms with Crippen LogP contribution >= 0.6 is 0 Å². The number of hydrogen-bond donors (Lipinski definition) is 1. The van der Waals surface area contributed by atoms with E-state index in [1.54, 1.807) is 23.1 Å². The highest BCUT2D eigenvalue weighted by atomic mass is 19.1. The molecule has 3 aromatic rings. The van der Waals surface area contributed by atoms with E-state index >= 15 is 0 Å². The van der Waals surface area contributed by atoms with Gasteiger partial charge in [0.25, 0.3) is 0 Å². The van der Waals surface area contributed by atoms with Crippen molar-refractivity contribution in [1.82, 2.24) is 10.2 Å². The summed E-state index contributed by atoms with van der Waals surface area (Å²) in [6.45, 7) is 4.09. The van der Waals surface area contributed by atoms with E-state index < -0.39 is 6.04 Å². The molecule has 1 saturated carbocycles. The Bertz CT molecular complexity index is 1190. The highest BCUT2D eigenvalue weighted by molar-refractivity contribution is 5.89. The molecule has 36 heavy (non-hydrogen) atoms. The number of carbonyl (C=O) groups excluding carboxylic acids is 2. The molecular formula is C31H35FN2O2. The van der Waals surface area contributed by atoms with Crippen LogP contribution in [0.1, 0.15) is 53.5 Å². The maximum atomic E-state index is 14.7. The van der Waals surface area contributed by atoms with Gasteiger partial charge in [-0.05, 0) is 55.0 Å². The average Bonchev–Trinajstić information content (AvgIpc) is 3.38. The summed E-state index contributed by atoms with van der Waals surface area (Å²) in [5.74, 6) is -0.740. The van der Waals surface area contributed by atoms with Gasteiger partial charge in [0.05, 0.1) is 6.42 Å². The predicted molar refractivity (Wildman–Crippen MR) is 141 cm³/mol. The lowest BCUT2D eigenvalue weighted by Gasteiger charge is -2.32. The topological polar surface area (TPSA) is 49.4 Å². The standard InChI is InChI=1S/C31H35FN2O2/c1-22-16-17-25(18-23(22)2)20-30(35)34(21-26-12-6-9-15-28(26)32)29(19-24-10-4-3-5-11-24)31(36)33-27-13-7-8-14-27/h3-6,9-12,15-18,27,29H,7-8,13-14,19-21H2,1-2H3,(H,33,36)/t29-/m0/s1. The van der Waals surface area contributed by atoms with Crippen LogP contribution in [-0.4, -0.2) is 28.8 Å². The van der Waals surface area contributed by atoms with Gasteiger partial charge in [-0.1, -0.05) is 79.6 Å². The molecular weight excluding hydrogens is 451 g/mol. The third-order valence-electron chi connectivity index (χ3n) is 7.20. The van der Waals surface area contributed by atoms with Crippen LogP contribution in [0.2, 0.25) is 0 Å². The smallest absolute Gasteiger partial charge is 0.243 e. The van der Waals surface area contributed by atoms with E-state index in [4.69, 9.17) is 0 Å². The van der Waals surface area contributed by atoms with Gasteiger partial charge in [-0.3, -0.25) is 9.59 Å². The molecule has 0 unspecified atom stereocenters. The van der Waals surface area contributed by atoms with Crippen LogP contribution in [0.25, 0.3) is 0 Å². The number of benzene rings is 3. The Labute approximate surface area is 213 Å². The first kappa shape index (κ1) is 25.6. The lowest BCUT2D eigenvalue weighted by atomic mass is 10.00. The third-order valence-corrected chi connectivity index (χ3v) is 7.20. The van der Waals surface area contributed by atoms with Crippen molar-refractivity contribution in [3.05, 3.63) is 106 Å². The fraction of sp³-hybridized carbons (Fsp3) is 0.355. The summed E-state index contributed by atoms with van der Waals surface area (Å²) in [6, 6.07) is 21.5. The largest absolute Gasteiger partial charge is 0.352 e. The molecule has 1 aliphatic carbocycles. The van der Waals surface area contributed by atoms with E-state index in [2.05, 4.69) is 5.32 Å². The van der Waals surface area contributed by atoms with Gasteiger partial charge in [-0.15, -0.1) is 0 Å². The number of amides is 2. The Morgan fingerprint density at radius 2 is 1.61 bits per heavy atom. The number of nitrogens with one attached hydrogen (secondary N) is 1. The molecule has 0 saturated heterocycles. The van der Waals surface area contributed by atoms with Gasteiger partial charge in [-0.2, -0.15) is 0 Å². The summed E-state index contributed by atoms with van der Waals surface area (Å²) in [4.78, 5) is 29.1. The number of halogens is 1. The van der Waals surface area contributed by atoms with Gasteiger partial charge in [0.15, 0.2) is 0 Å².